The van der Waals surface area contributed by atoms with Gasteiger partial charge in [0.2, 0.25) is 11.8 Å². The first-order valence-electron chi connectivity index (χ1n) is 10.8. The van der Waals surface area contributed by atoms with Crippen LogP contribution in [0.2, 0.25) is 0 Å². The minimum Gasteiger partial charge on any atom is -0.481 e. The number of nitrogens with zero attached hydrogens (tertiary/aromatic N) is 2. The molecule has 7 nitrogen and oxygen atoms in total. The molecule has 1 aromatic rings. The average molecular weight is 404 g/mol. The third-order valence-corrected chi connectivity index (χ3v) is 6.56. The molecule has 1 amide bonds. The quantitative estimate of drug-likeness (QED) is 0.782. The van der Waals surface area contributed by atoms with Gasteiger partial charge in [-0.2, -0.15) is 0 Å². The minimum atomic E-state index is -0.0264. The van der Waals surface area contributed by atoms with E-state index in [4.69, 9.17) is 14.2 Å². The molecule has 0 saturated carbocycles. The molecular formula is C22H33N3O4. The Morgan fingerprint density at radius 2 is 2.14 bits per heavy atom. The molecule has 0 aliphatic carbocycles. The Labute approximate surface area is 173 Å². The molecule has 3 saturated heterocycles. The monoisotopic (exact) mass is 403 g/mol. The third-order valence-electron chi connectivity index (χ3n) is 6.56. The Morgan fingerprint density at radius 1 is 1.31 bits per heavy atom. The van der Waals surface area contributed by atoms with Crippen molar-refractivity contribution in [3.8, 4) is 5.88 Å². The highest BCUT2D eigenvalue weighted by Crippen LogP contribution is 2.33. The van der Waals surface area contributed by atoms with Crippen LogP contribution in [-0.4, -0.2) is 68.0 Å². The summed E-state index contributed by atoms with van der Waals surface area (Å²) in [5.74, 6) is 1.34. The second-order valence-corrected chi connectivity index (χ2v) is 8.60. The standard InChI is InChI=1S/C22H33N3O4/c1-15-9-17(12-24-22(15)27-2)13-25-14-18(10-20-19(25)5-8-29-20)21(26)23-11-16-3-6-28-7-4-16/h9,12,16,18-20H,3-8,10-11,13-14H2,1-2H3,(H,23,26)/t18-,19+,20+/m0/s1. The second-order valence-electron chi connectivity index (χ2n) is 8.60. The number of piperidine rings is 1. The number of methoxy groups -OCH3 is 1. The summed E-state index contributed by atoms with van der Waals surface area (Å²) in [4.78, 5) is 19.7. The molecule has 1 aromatic heterocycles. The van der Waals surface area contributed by atoms with Crippen molar-refractivity contribution in [1.29, 1.82) is 0 Å². The number of carbonyl (C=O) groups is 1. The zero-order valence-corrected chi connectivity index (χ0v) is 17.6. The normalized spacial score (nSPS) is 28.1. The summed E-state index contributed by atoms with van der Waals surface area (Å²) in [6, 6.07) is 2.52. The molecule has 0 spiro atoms. The van der Waals surface area contributed by atoms with Gasteiger partial charge in [-0.25, -0.2) is 4.98 Å². The molecule has 29 heavy (non-hydrogen) atoms. The zero-order valence-electron chi connectivity index (χ0n) is 17.6. The van der Waals surface area contributed by atoms with Crippen LogP contribution in [0.5, 0.6) is 5.88 Å². The van der Waals surface area contributed by atoms with Gasteiger partial charge in [0.05, 0.1) is 19.1 Å². The fourth-order valence-electron chi connectivity index (χ4n) is 4.92. The molecule has 3 fully saturated rings. The summed E-state index contributed by atoms with van der Waals surface area (Å²) in [6.07, 6.45) is 5.95. The third kappa shape index (κ3) is 4.90. The second kappa shape index (κ2) is 9.41. The maximum absolute atomic E-state index is 12.9. The highest BCUT2D eigenvalue weighted by atomic mass is 16.5. The van der Waals surface area contributed by atoms with Crippen molar-refractivity contribution in [3.05, 3.63) is 23.4 Å². The number of pyridine rings is 1. The largest absolute Gasteiger partial charge is 0.481 e. The van der Waals surface area contributed by atoms with Crippen LogP contribution in [-0.2, 0) is 20.8 Å². The van der Waals surface area contributed by atoms with Crippen molar-refractivity contribution < 1.29 is 19.0 Å². The van der Waals surface area contributed by atoms with Crippen LogP contribution in [0.15, 0.2) is 12.3 Å². The number of likely N-dealkylation sites (tertiary alicyclic amines) is 1. The van der Waals surface area contributed by atoms with E-state index < -0.39 is 0 Å². The number of fused-ring (bicyclic) bond motifs is 1. The molecule has 4 rings (SSSR count). The van der Waals surface area contributed by atoms with Crippen LogP contribution in [0, 0.1) is 18.8 Å². The van der Waals surface area contributed by atoms with E-state index in [-0.39, 0.29) is 17.9 Å². The number of aromatic nitrogens is 1. The van der Waals surface area contributed by atoms with Crippen LogP contribution in [0.1, 0.15) is 36.8 Å². The Bertz CT molecular complexity index is 707. The SMILES string of the molecule is COc1ncc(CN2C[C@@H](C(=O)NCC3CCOCC3)C[C@H]3OCC[C@H]32)cc1C. The van der Waals surface area contributed by atoms with Gasteiger partial charge >= 0.3 is 0 Å². The van der Waals surface area contributed by atoms with E-state index in [1.165, 1.54) is 0 Å². The molecular weight excluding hydrogens is 370 g/mol. The predicted octanol–water partition coefficient (Wildman–Crippen LogP) is 1.92. The van der Waals surface area contributed by atoms with Crippen LogP contribution in [0.4, 0.5) is 0 Å². The summed E-state index contributed by atoms with van der Waals surface area (Å²) in [5.41, 5.74) is 2.18. The smallest absolute Gasteiger partial charge is 0.224 e. The van der Waals surface area contributed by atoms with E-state index in [2.05, 4.69) is 21.3 Å². The highest BCUT2D eigenvalue weighted by Gasteiger charge is 2.42. The lowest BCUT2D eigenvalue weighted by molar-refractivity contribution is -0.130. The lowest BCUT2D eigenvalue weighted by Gasteiger charge is -2.40. The molecule has 160 valence electrons. The van der Waals surface area contributed by atoms with Gasteiger partial charge in [-0.15, -0.1) is 0 Å². The Kier molecular flexibility index (Phi) is 6.67. The van der Waals surface area contributed by atoms with E-state index >= 15 is 0 Å². The molecule has 0 aromatic carbocycles. The fraction of sp³-hybridized carbons (Fsp3) is 0.727. The first-order valence-corrected chi connectivity index (χ1v) is 10.8. The Balaban J connectivity index is 1.38. The van der Waals surface area contributed by atoms with Gasteiger partial charge in [-0.1, -0.05) is 0 Å². The Hall–Kier alpha value is -1.70. The summed E-state index contributed by atoms with van der Waals surface area (Å²) in [6.45, 7) is 6.73. The predicted molar refractivity (Wildman–Crippen MR) is 109 cm³/mol. The molecule has 1 N–H and O–H groups in total. The topological polar surface area (TPSA) is 72.9 Å². The summed E-state index contributed by atoms with van der Waals surface area (Å²) >= 11 is 0. The van der Waals surface area contributed by atoms with Gasteiger partial charge in [0.15, 0.2) is 0 Å². The summed E-state index contributed by atoms with van der Waals surface area (Å²) < 4.78 is 16.7. The number of nitrogens with one attached hydrogen (secondary N) is 1. The van der Waals surface area contributed by atoms with Crippen molar-refractivity contribution in [2.75, 3.05) is 40.0 Å². The van der Waals surface area contributed by atoms with E-state index in [0.29, 0.717) is 17.8 Å². The first kappa shape index (κ1) is 20.6. The van der Waals surface area contributed by atoms with Gasteiger partial charge in [0, 0.05) is 57.3 Å². The van der Waals surface area contributed by atoms with Crippen LogP contribution in [0.3, 0.4) is 0 Å². The van der Waals surface area contributed by atoms with Gasteiger partial charge in [0.1, 0.15) is 0 Å². The van der Waals surface area contributed by atoms with E-state index in [9.17, 15) is 4.79 Å². The fourth-order valence-corrected chi connectivity index (χ4v) is 4.92. The highest BCUT2D eigenvalue weighted by molar-refractivity contribution is 5.79. The maximum Gasteiger partial charge on any atom is 0.224 e. The van der Waals surface area contributed by atoms with Gasteiger partial charge < -0.3 is 19.5 Å². The van der Waals surface area contributed by atoms with Gasteiger partial charge in [0.25, 0.3) is 0 Å². The van der Waals surface area contributed by atoms with Crippen molar-refractivity contribution in [1.82, 2.24) is 15.2 Å². The number of ether oxygens (including phenoxy) is 3. The molecule has 3 aliphatic heterocycles. The molecule has 0 bridgehead atoms. The lowest BCUT2D eigenvalue weighted by atomic mass is 9.88. The van der Waals surface area contributed by atoms with Crippen molar-refractivity contribution >= 4 is 5.91 Å². The molecule has 0 radical (unpaired) electrons. The maximum atomic E-state index is 12.9. The van der Waals surface area contributed by atoms with Crippen LogP contribution in [0.25, 0.3) is 0 Å². The first-order chi connectivity index (χ1) is 14.1. The number of amides is 1. The Morgan fingerprint density at radius 3 is 2.90 bits per heavy atom. The van der Waals surface area contributed by atoms with Crippen molar-refractivity contribution in [3.63, 3.8) is 0 Å². The number of hydrogen-bond donors (Lipinski definition) is 1. The van der Waals surface area contributed by atoms with Crippen molar-refractivity contribution in [2.45, 2.75) is 51.3 Å². The van der Waals surface area contributed by atoms with Crippen LogP contribution >= 0.6 is 0 Å². The number of rotatable bonds is 6. The minimum absolute atomic E-state index is 0.0264. The van der Waals surface area contributed by atoms with Gasteiger partial charge in [-0.3, -0.25) is 9.69 Å². The zero-order chi connectivity index (χ0) is 20.2. The van der Waals surface area contributed by atoms with Crippen molar-refractivity contribution in [2.24, 2.45) is 11.8 Å². The summed E-state index contributed by atoms with van der Waals surface area (Å²) in [5, 5.41) is 3.20. The molecule has 7 heteroatoms. The number of hydrogen-bond acceptors (Lipinski definition) is 6. The van der Waals surface area contributed by atoms with E-state index in [0.717, 1.165) is 76.3 Å². The lowest BCUT2D eigenvalue weighted by Crippen LogP contribution is -2.52. The number of carbonyl (C=O) groups excluding carboxylic acids is 1. The summed E-state index contributed by atoms with van der Waals surface area (Å²) in [7, 11) is 1.64. The van der Waals surface area contributed by atoms with E-state index in [1.807, 2.05) is 13.1 Å². The van der Waals surface area contributed by atoms with Crippen LogP contribution < -0.4 is 10.1 Å². The van der Waals surface area contributed by atoms with E-state index in [1.54, 1.807) is 7.11 Å². The molecule has 3 atom stereocenters. The molecule has 4 heterocycles. The average Bonchev–Trinajstić information content (AvgIpc) is 3.22. The molecule has 3 aliphatic rings. The molecule has 0 unspecified atom stereocenters. The van der Waals surface area contributed by atoms with Gasteiger partial charge in [-0.05, 0) is 50.2 Å². The number of aryl methyl sites for hydroxylation is 1.